The van der Waals surface area contributed by atoms with Gasteiger partial charge in [0.1, 0.15) is 6.10 Å². The fourth-order valence-electron chi connectivity index (χ4n) is 2.13. The third-order valence-electron chi connectivity index (χ3n) is 3.19. The van der Waals surface area contributed by atoms with Gasteiger partial charge in [0.2, 0.25) is 0 Å². The lowest BCUT2D eigenvalue weighted by Gasteiger charge is -2.20. The quantitative estimate of drug-likeness (QED) is 0.876. The van der Waals surface area contributed by atoms with Crippen molar-refractivity contribution in [1.29, 1.82) is 0 Å². The molecule has 112 valence electrons. The SMILES string of the molecule is COc1cc(Cl)cc(CNC(C)C)c1OC1CCOC1. The van der Waals surface area contributed by atoms with Crippen LogP contribution in [0.3, 0.4) is 0 Å². The van der Waals surface area contributed by atoms with Gasteiger partial charge in [-0.15, -0.1) is 0 Å². The van der Waals surface area contributed by atoms with Crippen molar-refractivity contribution in [3.8, 4) is 11.5 Å². The second-order valence-electron chi connectivity index (χ2n) is 5.24. The van der Waals surface area contributed by atoms with Gasteiger partial charge in [0.25, 0.3) is 0 Å². The molecule has 20 heavy (non-hydrogen) atoms. The number of rotatable bonds is 6. The second-order valence-corrected chi connectivity index (χ2v) is 5.67. The summed E-state index contributed by atoms with van der Waals surface area (Å²) in [5.74, 6) is 1.44. The lowest BCUT2D eigenvalue weighted by molar-refractivity contribution is 0.137. The topological polar surface area (TPSA) is 39.7 Å². The first-order chi connectivity index (χ1) is 9.60. The van der Waals surface area contributed by atoms with Crippen molar-refractivity contribution in [3.05, 3.63) is 22.7 Å². The molecule has 4 nitrogen and oxygen atoms in total. The summed E-state index contributed by atoms with van der Waals surface area (Å²) in [4.78, 5) is 0. The van der Waals surface area contributed by atoms with Crippen molar-refractivity contribution in [1.82, 2.24) is 5.32 Å². The summed E-state index contributed by atoms with van der Waals surface area (Å²) in [6.45, 7) is 6.28. The molecule has 1 atom stereocenters. The highest BCUT2D eigenvalue weighted by Crippen LogP contribution is 2.36. The van der Waals surface area contributed by atoms with Crippen molar-refractivity contribution in [3.63, 3.8) is 0 Å². The van der Waals surface area contributed by atoms with Gasteiger partial charge in [0.05, 0.1) is 20.3 Å². The number of benzene rings is 1. The summed E-state index contributed by atoms with van der Waals surface area (Å²) < 4.78 is 16.8. The molecule has 1 aromatic carbocycles. The number of halogens is 1. The van der Waals surface area contributed by atoms with Crippen LogP contribution >= 0.6 is 11.6 Å². The molecule has 0 amide bonds. The summed E-state index contributed by atoms with van der Waals surface area (Å²) in [6.07, 6.45) is 0.992. The van der Waals surface area contributed by atoms with Gasteiger partial charge in [-0.05, 0) is 6.07 Å². The number of ether oxygens (including phenoxy) is 3. The van der Waals surface area contributed by atoms with E-state index in [1.807, 2.05) is 6.07 Å². The zero-order chi connectivity index (χ0) is 14.5. The predicted molar refractivity (Wildman–Crippen MR) is 79.8 cm³/mol. The number of hydrogen-bond donors (Lipinski definition) is 1. The van der Waals surface area contributed by atoms with Crippen molar-refractivity contribution in [2.75, 3.05) is 20.3 Å². The van der Waals surface area contributed by atoms with Gasteiger partial charge >= 0.3 is 0 Å². The molecule has 0 spiro atoms. The summed E-state index contributed by atoms with van der Waals surface area (Å²) in [5, 5.41) is 4.03. The van der Waals surface area contributed by atoms with Gasteiger partial charge < -0.3 is 19.5 Å². The van der Waals surface area contributed by atoms with E-state index in [9.17, 15) is 0 Å². The third-order valence-corrected chi connectivity index (χ3v) is 3.41. The molecule has 0 aliphatic carbocycles. The molecule has 1 saturated heterocycles. The number of methoxy groups -OCH3 is 1. The Morgan fingerprint density at radius 3 is 2.85 bits per heavy atom. The van der Waals surface area contributed by atoms with Crippen molar-refractivity contribution >= 4 is 11.6 Å². The molecule has 1 aliphatic rings. The molecule has 1 unspecified atom stereocenters. The van der Waals surface area contributed by atoms with E-state index in [0.717, 1.165) is 24.3 Å². The number of hydrogen-bond acceptors (Lipinski definition) is 4. The predicted octanol–water partition coefficient (Wildman–Crippen LogP) is 3.01. The van der Waals surface area contributed by atoms with Gasteiger partial charge in [-0.3, -0.25) is 0 Å². The Bertz CT molecular complexity index is 445. The van der Waals surface area contributed by atoms with Crippen LogP contribution in [-0.4, -0.2) is 32.5 Å². The van der Waals surface area contributed by atoms with E-state index in [0.29, 0.717) is 30.0 Å². The molecule has 1 aliphatic heterocycles. The van der Waals surface area contributed by atoms with E-state index < -0.39 is 0 Å². The largest absolute Gasteiger partial charge is 0.493 e. The van der Waals surface area contributed by atoms with E-state index in [1.165, 1.54) is 0 Å². The molecular weight excluding hydrogens is 278 g/mol. The fraction of sp³-hybridized carbons (Fsp3) is 0.600. The van der Waals surface area contributed by atoms with Crippen LogP contribution in [0.5, 0.6) is 11.5 Å². The Hall–Kier alpha value is -0.970. The van der Waals surface area contributed by atoms with Gasteiger partial charge in [-0.25, -0.2) is 0 Å². The van der Waals surface area contributed by atoms with Crippen molar-refractivity contribution in [2.45, 2.75) is 39.0 Å². The Morgan fingerprint density at radius 1 is 1.45 bits per heavy atom. The highest BCUT2D eigenvalue weighted by Gasteiger charge is 2.21. The smallest absolute Gasteiger partial charge is 0.166 e. The first-order valence-corrected chi connectivity index (χ1v) is 7.32. The minimum atomic E-state index is 0.0860. The molecule has 1 aromatic rings. The average Bonchev–Trinajstić information content (AvgIpc) is 2.91. The third kappa shape index (κ3) is 4.01. The molecule has 0 saturated carbocycles. The van der Waals surface area contributed by atoms with Crippen LogP contribution in [0.4, 0.5) is 0 Å². The molecule has 0 aromatic heterocycles. The fourth-order valence-corrected chi connectivity index (χ4v) is 2.36. The van der Waals surface area contributed by atoms with E-state index in [1.54, 1.807) is 13.2 Å². The standard InChI is InChI=1S/C15H22ClNO3/c1-10(2)17-8-11-6-12(16)7-14(18-3)15(11)20-13-4-5-19-9-13/h6-7,10,13,17H,4-5,8-9H2,1-3H3. The zero-order valence-corrected chi connectivity index (χ0v) is 13.0. The Morgan fingerprint density at radius 2 is 2.25 bits per heavy atom. The molecule has 0 bridgehead atoms. The van der Waals surface area contributed by atoms with Gasteiger partial charge in [-0.1, -0.05) is 25.4 Å². The zero-order valence-electron chi connectivity index (χ0n) is 12.2. The number of nitrogens with one attached hydrogen (secondary N) is 1. The van der Waals surface area contributed by atoms with Crippen LogP contribution in [0, 0.1) is 0 Å². The minimum absolute atomic E-state index is 0.0860. The summed E-state index contributed by atoms with van der Waals surface area (Å²) in [6, 6.07) is 4.10. The highest BCUT2D eigenvalue weighted by molar-refractivity contribution is 6.30. The van der Waals surface area contributed by atoms with Crippen LogP contribution in [0.1, 0.15) is 25.8 Å². The molecule has 2 rings (SSSR count). The van der Waals surface area contributed by atoms with Crippen LogP contribution in [-0.2, 0) is 11.3 Å². The molecule has 1 N–H and O–H groups in total. The van der Waals surface area contributed by atoms with Crippen molar-refractivity contribution < 1.29 is 14.2 Å². The van der Waals surface area contributed by atoms with Crippen LogP contribution in [0.15, 0.2) is 12.1 Å². The Labute approximate surface area is 125 Å². The lowest BCUT2D eigenvalue weighted by Crippen LogP contribution is -2.23. The first kappa shape index (κ1) is 15.4. The normalized spacial score (nSPS) is 18.6. The first-order valence-electron chi connectivity index (χ1n) is 6.94. The van der Waals surface area contributed by atoms with Crippen LogP contribution < -0.4 is 14.8 Å². The monoisotopic (exact) mass is 299 g/mol. The van der Waals surface area contributed by atoms with E-state index >= 15 is 0 Å². The molecule has 5 heteroatoms. The maximum Gasteiger partial charge on any atom is 0.166 e. The second kappa shape index (κ2) is 7.16. The van der Waals surface area contributed by atoms with Crippen LogP contribution in [0.25, 0.3) is 0 Å². The molecular formula is C15H22ClNO3. The molecule has 0 radical (unpaired) electrons. The molecule has 1 fully saturated rings. The van der Waals surface area contributed by atoms with E-state index in [-0.39, 0.29) is 6.10 Å². The van der Waals surface area contributed by atoms with Gasteiger partial charge in [0.15, 0.2) is 11.5 Å². The summed E-state index contributed by atoms with van der Waals surface area (Å²) >= 11 is 6.14. The maximum absolute atomic E-state index is 6.14. The van der Waals surface area contributed by atoms with E-state index in [4.69, 9.17) is 25.8 Å². The maximum atomic E-state index is 6.14. The highest BCUT2D eigenvalue weighted by atomic mass is 35.5. The van der Waals surface area contributed by atoms with Gasteiger partial charge in [-0.2, -0.15) is 0 Å². The van der Waals surface area contributed by atoms with Crippen LogP contribution in [0.2, 0.25) is 5.02 Å². The summed E-state index contributed by atoms with van der Waals surface area (Å²) in [5.41, 5.74) is 1.01. The van der Waals surface area contributed by atoms with Crippen molar-refractivity contribution in [2.24, 2.45) is 0 Å². The van der Waals surface area contributed by atoms with E-state index in [2.05, 4.69) is 19.2 Å². The lowest BCUT2D eigenvalue weighted by atomic mass is 10.1. The minimum Gasteiger partial charge on any atom is -0.493 e. The molecule has 1 heterocycles. The average molecular weight is 300 g/mol. The Balaban J connectivity index is 2.23. The van der Waals surface area contributed by atoms with Gasteiger partial charge in [0, 0.05) is 35.7 Å². The Kier molecular flexibility index (Phi) is 5.52. The summed E-state index contributed by atoms with van der Waals surface area (Å²) in [7, 11) is 1.63.